The predicted molar refractivity (Wildman–Crippen MR) is 167 cm³/mol. The highest BCUT2D eigenvalue weighted by Crippen LogP contribution is 2.31. The first-order chi connectivity index (χ1) is 20.9. The molecule has 1 fully saturated rings. The maximum Gasteiger partial charge on any atom is 0.251 e. The van der Waals surface area contributed by atoms with Crippen LogP contribution in [0.4, 0.5) is 0 Å². The van der Waals surface area contributed by atoms with E-state index in [1.807, 2.05) is 13.8 Å². The summed E-state index contributed by atoms with van der Waals surface area (Å²) in [6, 6.07) is 19.2. The molecular weight excluding hydrogens is 546 g/mol. The normalized spacial score (nSPS) is 13.7. The highest BCUT2D eigenvalue weighted by Gasteiger charge is 2.22. The SMILES string of the molecule is CCOC(=N)c1ccc(Oc2cc(Oc3ccc(C(=N)OCC)cc3)cc(C(=O)NC3CCN(CCCN)CC3)c2)cc1. The van der Waals surface area contributed by atoms with Gasteiger partial charge in [0.15, 0.2) is 0 Å². The van der Waals surface area contributed by atoms with Gasteiger partial charge in [0.05, 0.1) is 13.2 Å². The summed E-state index contributed by atoms with van der Waals surface area (Å²) in [6.45, 7) is 8.02. The zero-order chi connectivity index (χ0) is 30.6. The number of hydrogen-bond acceptors (Lipinski definition) is 9. The third kappa shape index (κ3) is 9.29. The van der Waals surface area contributed by atoms with E-state index < -0.39 is 0 Å². The Bertz CT molecular complexity index is 1290. The van der Waals surface area contributed by atoms with Crippen molar-refractivity contribution in [2.24, 2.45) is 5.73 Å². The zero-order valence-electron chi connectivity index (χ0n) is 24.9. The van der Waals surface area contributed by atoms with E-state index in [1.54, 1.807) is 66.7 Å². The van der Waals surface area contributed by atoms with Crippen molar-refractivity contribution in [3.05, 3.63) is 83.4 Å². The van der Waals surface area contributed by atoms with Gasteiger partial charge in [-0.2, -0.15) is 0 Å². The molecule has 1 aliphatic rings. The molecule has 3 aromatic rings. The standard InChI is InChI=1S/C33H41N5O5/c1-3-40-31(35)23-6-10-27(11-7-23)42-29-20-25(33(39)37-26-14-18-38(19-15-26)17-5-16-34)21-30(22-29)43-28-12-8-24(9-13-28)32(36)41-4-2/h6-13,20-22,26,35-36H,3-5,14-19,34H2,1-2H3,(H,37,39). The zero-order valence-corrected chi connectivity index (χ0v) is 24.9. The fraction of sp³-hybridized carbons (Fsp3) is 0.364. The van der Waals surface area contributed by atoms with Gasteiger partial charge in [0.25, 0.3) is 5.91 Å². The van der Waals surface area contributed by atoms with Crippen molar-refractivity contribution in [2.75, 3.05) is 39.4 Å². The van der Waals surface area contributed by atoms with Gasteiger partial charge >= 0.3 is 0 Å². The fourth-order valence-electron chi connectivity index (χ4n) is 4.78. The van der Waals surface area contributed by atoms with Gasteiger partial charge in [0.1, 0.15) is 23.0 Å². The Morgan fingerprint density at radius 3 is 1.72 bits per heavy atom. The molecule has 1 aliphatic heterocycles. The van der Waals surface area contributed by atoms with E-state index in [9.17, 15) is 4.79 Å². The molecule has 0 atom stereocenters. The van der Waals surface area contributed by atoms with Crippen LogP contribution in [0.5, 0.6) is 23.0 Å². The highest BCUT2D eigenvalue weighted by molar-refractivity contribution is 5.95. The Morgan fingerprint density at radius 2 is 1.28 bits per heavy atom. The number of nitrogens with two attached hydrogens (primary N) is 1. The first-order valence-corrected chi connectivity index (χ1v) is 14.8. The largest absolute Gasteiger partial charge is 0.478 e. The molecule has 10 heteroatoms. The molecular formula is C33H41N5O5. The Labute approximate surface area is 253 Å². The van der Waals surface area contributed by atoms with E-state index in [4.69, 9.17) is 35.5 Å². The molecule has 0 aromatic heterocycles. The van der Waals surface area contributed by atoms with Gasteiger partial charge < -0.3 is 34.9 Å². The van der Waals surface area contributed by atoms with Crippen molar-refractivity contribution in [1.82, 2.24) is 10.2 Å². The van der Waals surface area contributed by atoms with Crippen LogP contribution in [0.25, 0.3) is 0 Å². The number of benzene rings is 3. The summed E-state index contributed by atoms with van der Waals surface area (Å²) in [6.07, 6.45) is 2.73. The van der Waals surface area contributed by atoms with Crippen molar-refractivity contribution in [3.63, 3.8) is 0 Å². The van der Waals surface area contributed by atoms with Crippen LogP contribution in [0.1, 0.15) is 54.6 Å². The van der Waals surface area contributed by atoms with E-state index in [2.05, 4.69) is 10.2 Å². The van der Waals surface area contributed by atoms with Crippen molar-refractivity contribution in [1.29, 1.82) is 10.8 Å². The van der Waals surface area contributed by atoms with Gasteiger partial charge in [-0.1, -0.05) is 0 Å². The minimum atomic E-state index is -0.197. The Morgan fingerprint density at radius 1 is 0.791 bits per heavy atom. The van der Waals surface area contributed by atoms with Crippen molar-refractivity contribution in [3.8, 4) is 23.0 Å². The van der Waals surface area contributed by atoms with Crippen LogP contribution in [-0.4, -0.2) is 68.0 Å². The second-order valence-electron chi connectivity index (χ2n) is 10.2. The second kappa shape index (κ2) is 15.7. The molecule has 3 aromatic carbocycles. The molecule has 4 rings (SSSR count). The monoisotopic (exact) mass is 587 g/mol. The van der Waals surface area contributed by atoms with Crippen LogP contribution in [0.15, 0.2) is 66.7 Å². The number of likely N-dealkylation sites (tertiary alicyclic amines) is 1. The quantitative estimate of drug-likeness (QED) is 0.152. The third-order valence-electron chi connectivity index (χ3n) is 7.03. The summed E-state index contributed by atoms with van der Waals surface area (Å²) in [5, 5.41) is 19.2. The third-order valence-corrected chi connectivity index (χ3v) is 7.03. The summed E-state index contributed by atoms with van der Waals surface area (Å²) in [5.74, 6) is 1.94. The summed E-state index contributed by atoms with van der Waals surface area (Å²) in [5.41, 5.74) is 7.35. The first-order valence-electron chi connectivity index (χ1n) is 14.8. The molecule has 10 nitrogen and oxygen atoms in total. The van der Waals surface area contributed by atoms with E-state index in [-0.39, 0.29) is 23.7 Å². The summed E-state index contributed by atoms with van der Waals surface area (Å²) >= 11 is 0. The van der Waals surface area contributed by atoms with Gasteiger partial charge in [-0.05, 0) is 107 Å². The molecule has 1 heterocycles. The summed E-state index contributed by atoms with van der Waals surface area (Å²) < 4.78 is 22.8. The number of nitrogens with zero attached hydrogens (tertiary/aromatic N) is 1. The maximum absolute atomic E-state index is 13.4. The number of ether oxygens (including phenoxy) is 4. The van der Waals surface area contributed by atoms with E-state index in [0.29, 0.717) is 59.4 Å². The molecule has 0 bridgehead atoms. The van der Waals surface area contributed by atoms with Crippen LogP contribution in [-0.2, 0) is 9.47 Å². The van der Waals surface area contributed by atoms with E-state index in [1.165, 1.54) is 0 Å². The van der Waals surface area contributed by atoms with Gasteiger partial charge in [0, 0.05) is 41.9 Å². The Hall–Kier alpha value is -4.41. The summed E-state index contributed by atoms with van der Waals surface area (Å²) in [7, 11) is 0. The Balaban J connectivity index is 1.51. The number of piperidine rings is 1. The molecule has 0 spiro atoms. The molecule has 0 radical (unpaired) electrons. The van der Waals surface area contributed by atoms with Gasteiger partial charge in [-0.25, -0.2) is 0 Å². The molecule has 0 saturated carbocycles. The minimum Gasteiger partial charge on any atom is -0.478 e. The smallest absolute Gasteiger partial charge is 0.251 e. The van der Waals surface area contributed by atoms with Gasteiger partial charge in [0.2, 0.25) is 11.8 Å². The van der Waals surface area contributed by atoms with Gasteiger partial charge in [-0.3, -0.25) is 15.6 Å². The van der Waals surface area contributed by atoms with Crippen LogP contribution >= 0.6 is 0 Å². The van der Waals surface area contributed by atoms with Crippen molar-refractivity contribution < 1.29 is 23.7 Å². The molecule has 0 unspecified atom stereocenters. The second-order valence-corrected chi connectivity index (χ2v) is 10.2. The maximum atomic E-state index is 13.4. The van der Waals surface area contributed by atoms with Crippen molar-refractivity contribution >= 4 is 17.7 Å². The lowest BCUT2D eigenvalue weighted by molar-refractivity contribution is 0.0910. The minimum absolute atomic E-state index is 0.0805. The topological polar surface area (TPSA) is 143 Å². The highest BCUT2D eigenvalue weighted by atomic mass is 16.5. The lowest BCUT2D eigenvalue weighted by Gasteiger charge is -2.32. The van der Waals surface area contributed by atoms with E-state index in [0.717, 1.165) is 38.9 Å². The van der Waals surface area contributed by atoms with Crippen LogP contribution < -0.4 is 20.5 Å². The fourth-order valence-corrected chi connectivity index (χ4v) is 4.78. The Kier molecular flexibility index (Phi) is 11.5. The molecule has 1 amide bonds. The number of carbonyl (C=O) groups is 1. The lowest BCUT2D eigenvalue weighted by atomic mass is 10.0. The number of nitrogens with one attached hydrogen (secondary N) is 3. The average Bonchev–Trinajstić information content (AvgIpc) is 3.01. The van der Waals surface area contributed by atoms with Crippen molar-refractivity contribution in [2.45, 2.75) is 39.2 Å². The number of hydrogen-bond donors (Lipinski definition) is 4. The molecule has 5 N–H and O–H groups in total. The van der Waals surface area contributed by atoms with Crippen LogP contribution in [0.3, 0.4) is 0 Å². The van der Waals surface area contributed by atoms with E-state index >= 15 is 0 Å². The number of amides is 1. The average molecular weight is 588 g/mol. The molecule has 0 aliphatic carbocycles. The number of carbonyl (C=O) groups excluding carboxylic acids is 1. The summed E-state index contributed by atoms with van der Waals surface area (Å²) in [4.78, 5) is 15.8. The van der Waals surface area contributed by atoms with Gasteiger partial charge in [-0.15, -0.1) is 0 Å². The first kappa shape index (κ1) is 31.5. The molecule has 228 valence electrons. The van der Waals surface area contributed by atoms with Crippen LogP contribution in [0, 0.1) is 10.8 Å². The molecule has 1 saturated heterocycles. The van der Waals surface area contributed by atoms with Crippen LogP contribution in [0.2, 0.25) is 0 Å². The lowest BCUT2D eigenvalue weighted by Crippen LogP contribution is -2.45. The number of rotatable bonds is 13. The molecule has 43 heavy (non-hydrogen) atoms. The predicted octanol–water partition coefficient (Wildman–Crippen LogP) is 5.54.